The number of rotatable bonds is 5. The van der Waals surface area contributed by atoms with Crippen molar-refractivity contribution in [3.8, 4) is 5.75 Å². The van der Waals surface area contributed by atoms with Crippen molar-refractivity contribution < 1.29 is 23.8 Å². The van der Waals surface area contributed by atoms with E-state index in [1.165, 1.54) is 7.11 Å². The molecule has 0 fully saturated rings. The van der Waals surface area contributed by atoms with E-state index >= 15 is 0 Å². The molecular formula is C16H21BrO5. The van der Waals surface area contributed by atoms with Crippen LogP contribution in [0.25, 0.3) is 0 Å². The van der Waals surface area contributed by atoms with Crippen LogP contribution in [0, 0.1) is 0 Å². The van der Waals surface area contributed by atoms with Crippen LogP contribution in [-0.4, -0.2) is 30.8 Å². The Bertz CT molecular complexity index is 548. The lowest BCUT2D eigenvalue weighted by molar-refractivity contribution is -0.162. The van der Waals surface area contributed by atoms with E-state index < -0.39 is 23.6 Å². The first-order chi connectivity index (χ1) is 10.2. The van der Waals surface area contributed by atoms with Gasteiger partial charge >= 0.3 is 11.9 Å². The minimum atomic E-state index is -0.787. The van der Waals surface area contributed by atoms with Crippen LogP contribution < -0.4 is 4.74 Å². The molecule has 0 aliphatic rings. The third-order valence-electron chi connectivity index (χ3n) is 2.71. The Morgan fingerprint density at radius 2 is 1.91 bits per heavy atom. The molecule has 0 bridgehead atoms. The fourth-order valence-corrected chi connectivity index (χ4v) is 2.32. The van der Waals surface area contributed by atoms with E-state index in [2.05, 4.69) is 15.9 Å². The molecule has 0 aliphatic heterocycles. The zero-order valence-electron chi connectivity index (χ0n) is 13.4. The monoisotopic (exact) mass is 372 g/mol. The fraction of sp³-hybridized carbons (Fsp3) is 0.500. The second-order valence-electron chi connectivity index (χ2n) is 5.70. The first-order valence-electron chi connectivity index (χ1n) is 6.85. The van der Waals surface area contributed by atoms with Gasteiger partial charge in [-0.15, -0.1) is 0 Å². The Hall–Kier alpha value is -1.56. The number of ether oxygens (including phenoxy) is 3. The van der Waals surface area contributed by atoms with Crippen LogP contribution >= 0.6 is 15.9 Å². The van der Waals surface area contributed by atoms with Crippen molar-refractivity contribution in [2.24, 2.45) is 0 Å². The maximum atomic E-state index is 12.0. The van der Waals surface area contributed by atoms with Gasteiger partial charge in [0.05, 0.1) is 12.7 Å². The van der Waals surface area contributed by atoms with Gasteiger partial charge < -0.3 is 14.2 Å². The second kappa shape index (κ2) is 7.63. The molecule has 0 aliphatic carbocycles. The molecule has 122 valence electrons. The topological polar surface area (TPSA) is 61.8 Å². The highest BCUT2D eigenvalue weighted by Crippen LogP contribution is 2.27. The van der Waals surface area contributed by atoms with E-state index in [9.17, 15) is 9.59 Å². The number of methoxy groups -OCH3 is 1. The molecule has 0 spiro atoms. The van der Waals surface area contributed by atoms with Gasteiger partial charge in [0.1, 0.15) is 11.4 Å². The summed E-state index contributed by atoms with van der Waals surface area (Å²) in [7, 11) is 1.32. The van der Waals surface area contributed by atoms with Crippen LogP contribution in [0.1, 0.15) is 43.6 Å². The predicted octanol–water partition coefficient (Wildman–Crippen LogP) is 3.48. The number of carbonyl (C=O) groups excluding carboxylic acids is 2. The lowest BCUT2D eigenvalue weighted by Gasteiger charge is -2.23. The molecule has 1 atom stereocenters. The summed E-state index contributed by atoms with van der Waals surface area (Å²) < 4.78 is 15.7. The highest BCUT2D eigenvalue weighted by molar-refractivity contribution is 9.08. The van der Waals surface area contributed by atoms with E-state index in [0.717, 1.165) is 0 Å². The SMILES string of the molecule is COC(=O)c1cccc(OC(C)C(=O)OC(C)(C)C)c1CBr. The summed E-state index contributed by atoms with van der Waals surface area (Å²) in [6, 6.07) is 5.02. The number of hydrogen-bond acceptors (Lipinski definition) is 5. The van der Waals surface area contributed by atoms with Crippen molar-refractivity contribution in [1.82, 2.24) is 0 Å². The van der Waals surface area contributed by atoms with Gasteiger partial charge in [0, 0.05) is 10.9 Å². The summed E-state index contributed by atoms with van der Waals surface area (Å²) in [6.45, 7) is 6.98. The summed E-state index contributed by atoms with van der Waals surface area (Å²) in [6.07, 6.45) is -0.787. The third kappa shape index (κ3) is 5.02. The van der Waals surface area contributed by atoms with E-state index in [1.54, 1.807) is 45.9 Å². The first-order valence-corrected chi connectivity index (χ1v) is 7.97. The molecule has 0 heterocycles. The second-order valence-corrected chi connectivity index (χ2v) is 6.26. The van der Waals surface area contributed by atoms with E-state index in [4.69, 9.17) is 14.2 Å². The van der Waals surface area contributed by atoms with Crippen LogP contribution in [-0.2, 0) is 19.6 Å². The average molecular weight is 373 g/mol. The van der Waals surface area contributed by atoms with Crippen LogP contribution in [0.2, 0.25) is 0 Å². The lowest BCUT2D eigenvalue weighted by Crippen LogP contribution is -2.33. The third-order valence-corrected chi connectivity index (χ3v) is 3.28. The van der Waals surface area contributed by atoms with E-state index in [0.29, 0.717) is 22.2 Å². The molecule has 0 amide bonds. The number of carbonyl (C=O) groups is 2. The normalized spacial score (nSPS) is 12.5. The molecule has 5 nitrogen and oxygen atoms in total. The van der Waals surface area contributed by atoms with Crippen LogP contribution in [0.4, 0.5) is 0 Å². The van der Waals surface area contributed by atoms with Gasteiger partial charge in [0.2, 0.25) is 0 Å². The Morgan fingerprint density at radius 1 is 1.27 bits per heavy atom. The number of halogens is 1. The molecule has 22 heavy (non-hydrogen) atoms. The van der Waals surface area contributed by atoms with Crippen molar-refractivity contribution in [3.05, 3.63) is 29.3 Å². The first kappa shape index (κ1) is 18.5. The van der Waals surface area contributed by atoms with E-state index in [1.807, 2.05) is 0 Å². The van der Waals surface area contributed by atoms with Crippen LogP contribution in [0.3, 0.4) is 0 Å². The predicted molar refractivity (Wildman–Crippen MR) is 86.3 cm³/mol. The molecular weight excluding hydrogens is 352 g/mol. The summed E-state index contributed by atoms with van der Waals surface area (Å²) in [5.74, 6) is -0.473. The molecule has 1 unspecified atom stereocenters. The molecule has 1 aromatic rings. The Labute approximate surface area is 139 Å². The number of benzene rings is 1. The highest BCUT2D eigenvalue weighted by atomic mass is 79.9. The molecule has 0 N–H and O–H groups in total. The average Bonchev–Trinajstić information content (AvgIpc) is 2.44. The smallest absolute Gasteiger partial charge is 0.347 e. The molecule has 0 saturated carbocycles. The van der Waals surface area contributed by atoms with Crippen molar-refractivity contribution in [2.75, 3.05) is 7.11 Å². The van der Waals surface area contributed by atoms with Gasteiger partial charge in [-0.3, -0.25) is 0 Å². The van der Waals surface area contributed by atoms with Crippen molar-refractivity contribution in [3.63, 3.8) is 0 Å². The molecule has 1 aromatic carbocycles. The van der Waals surface area contributed by atoms with Crippen LogP contribution in [0.15, 0.2) is 18.2 Å². The Balaban J connectivity index is 2.98. The molecule has 6 heteroatoms. The van der Waals surface area contributed by atoms with Gasteiger partial charge in [0.15, 0.2) is 6.10 Å². The van der Waals surface area contributed by atoms with Crippen LogP contribution in [0.5, 0.6) is 5.75 Å². The van der Waals surface area contributed by atoms with Crippen molar-refractivity contribution >= 4 is 27.9 Å². The lowest BCUT2D eigenvalue weighted by atomic mass is 10.1. The molecule has 1 rings (SSSR count). The number of esters is 2. The zero-order valence-corrected chi connectivity index (χ0v) is 15.0. The van der Waals surface area contributed by atoms with Gasteiger partial charge in [-0.05, 0) is 39.8 Å². The largest absolute Gasteiger partial charge is 0.479 e. The fourth-order valence-electron chi connectivity index (χ4n) is 1.74. The van der Waals surface area contributed by atoms with Gasteiger partial charge in [-0.1, -0.05) is 22.0 Å². The van der Waals surface area contributed by atoms with Gasteiger partial charge in [-0.25, -0.2) is 9.59 Å². The standard InChI is InChI=1S/C16H21BrO5/c1-10(14(18)22-16(2,3)4)21-13-8-6-7-11(12(13)9-17)15(19)20-5/h6-8,10H,9H2,1-5H3. The van der Waals surface area contributed by atoms with Crippen molar-refractivity contribution in [2.45, 2.75) is 44.7 Å². The Morgan fingerprint density at radius 3 is 2.41 bits per heavy atom. The maximum absolute atomic E-state index is 12.0. The minimum absolute atomic E-state index is 0.397. The Kier molecular flexibility index (Phi) is 6.41. The van der Waals surface area contributed by atoms with Gasteiger partial charge in [-0.2, -0.15) is 0 Å². The van der Waals surface area contributed by atoms with E-state index in [-0.39, 0.29) is 0 Å². The zero-order chi connectivity index (χ0) is 16.9. The summed E-state index contributed by atoms with van der Waals surface area (Å²) in [4.78, 5) is 23.7. The summed E-state index contributed by atoms with van der Waals surface area (Å²) in [5.41, 5.74) is 0.443. The van der Waals surface area contributed by atoms with Gasteiger partial charge in [0.25, 0.3) is 0 Å². The number of hydrogen-bond donors (Lipinski definition) is 0. The highest BCUT2D eigenvalue weighted by Gasteiger charge is 2.24. The summed E-state index contributed by atoms with van der Waals surface area (Å²) in [5, 5.41) is 0.397. The number of alkyl halides is 1. The molecule has 0 saturated heterocycles. The molecule has 0 radical (unpaired) electrons. The quantitative estimate of drug-likeness (QED) is 0.584. The minimum Gasteiger partial charge on any atom is -0.479 e. The summed E-state index contributed by atoms with van der Waals surface area (Å²) >= 11 is 3.33. The molecule has 0 aromatic heterocycles. The maximum Gasteiger partial charge on any atom is 0.347 e. The van der Waals surface area contributed by atoms with Crippen molar-refractivity contribution in [1.29, 1.82) is 0 Å².